The lowest BCUT2D eigenvalue weighted by Crippen LogP contribution is -2.43. The van der Waals surface area contributed by atoms with Gasteiger partial charge in [0, 0.05) is 18.1 Å². The third-order valence-electron chi connectivity index (χ3n) is 3.34. The molecular weight excluding hydrogens is 236 g/mol. The molecule has 0 aliphatic carbocycles. The lowest BCUT2D eigenvalue weighted by molar-refractivity contribution is 0.103. The normalized spacial score (nSPS) is 24.5. The Bertz CT molecular complexity index is 455. The predicted octanol–water partition coefficient (Wildman–Crippen LogP) is 2.42. The zero-order valence-electron chi connectivity index (χ0n) is 9.73. The molecule has 1 heterocycles. The Labute approximate surface area is 106 Å². The van der Waals surface area contributed by atoms with Crippen molar-refractivity contribution in [1.82, 2.24) is 0 Å². The number of halogens is 1. The smallest absolute Gasteiger partial charge is 0.101 e. The van der Waals surface area contributed by atoms with Crippen molar-refractivity contribution < 1.29 is 5.11 Å². The van der Waals surface area contributed by atoms with Gasteiger partial charge in [-0.3, -0.25) is 0 Å². The summed E-state index contributed by atoms with van der Waals surface area (Å²) in [7, 11) is 0. The van der Waals surface area contributed by atoms with Gasteiger partial charge in [0.1, 0.15) is 6.07 Å². The summed E-state index contributed by atoms with van der Waals surface area (Å²) in [4.78, 5) is 2.06. The summed E-state index contributed by atoms with van der Waals surface area (Å²) in [6.45, 7) is 3.50. The van der Waals surface area contributed by atoms with Crippen LogP contribution in [0.25, 0.3) is 0 Å². The molecule has 1 aliphatic rings. The molecule has 1 N–H and O–H groups in total. The van der Waals surface area contributed by atoms with Crippen molar-refractivity contribution in [3.05, 3.63) is 28.8 Å². The van der Waals surface area contributed by atoms with Gasteiger partial charge in [-0.05, 0) is 30.5 Å². The van der Waals surface area contributed by atoms with Crippen LogP contribution in [0.4, 0.5) is 5.69 Å². The predicted molar refractivity (Wildman–Crippen MR) is 68.2 cm³/mol. The second-order valence-electron chi connectivity index (χ2n) is 4.55. The molecule has 0 amide bonds. The van der Waals surface area contributed by atoms with E-state index in [1.165, 1.54) is 0 Å². The Balaban J connectivity index is 2.26. The van der Waals surface area contributed by atoms with Crippen molar-refractivity contribution in [1.29, 1.82) is 5.26 Å². The maximum absolute atomic E-state index is 9.88. The average Bonchev–Trinajstić information content (AvgIpc) is 2.32. The van der Waals surface area contributed by atoms with Crippen molar-refractivity contribution in [2.24, 2.45) is 5.92 Å². The minimum Gasteiger partial charge on any atom is -0.391 e. The molecule has 1 aliphatic heterocycles. The second-order valence-corrected chi connectivity index (χ2v) is 4.99. The molecule has 4 heteroatoms. The Morgan fingerprint density at radius 2 is 2.29 bits per heavy atom. The molecule has 3 nitrogen and oxygen atoms in total. The van der Waals surface area contributed by atoms with E-state index in [2.05, 4.69) is 17.9 Å². The molecule has 1 saturated heterocycles. The van der Waals surface area contributed by atoms with Crippen LogP contribution < -0.4 is 4.90 Å². The molecule has 90 valence electrons. The van der Waals surface area contributed by atoms with Crippen LogP contribution in [0.3, 0.4) is 0 Å². The maximum Gasteiger partial charge on any atom is 0.101 e. The zero-order valence-corrected chi connectivity index (χ0v) is 10.5. The summed E-state index contributed by atoms with van der Waals surface area (Å²) < 4.78 is 0. The fourth-order valence-corrected chi connectivity index (χ4v) is 2.31. The van der Waals surface area contributed by atoms with E-state index in [9.17, 15) is 5.11 Å². The first-order valence-corrected chi connectivity index (χ1v) is 6.12. The van der Waals surface area contributed by atoms with Gasteiger partial charge < -0.3 is 10.0 Å². The summed E-state index contributed by atoms with van der Waals surface area (Å²) in [6.07, 6.45) is 0.611. The summed E-state index contributed by atoms with van der Waals surface area (Å²) in [5.41, 5.74) is 1.43. The van der Waals surface area contributed by atoms with Gasteiger partial charge in [0.15, 0.2) is 0 Å². The van der Waals surface area contributed by atoms with E-state index in [-0.39, 0.29) is 6.10 Å². The molecule has 1 aromatic carbocycles. The van der Waals surface area contributed by atoms with Gasteiger partial charge in [-0.2, -0.15) is 5.26 Å². The number of rotatable bonds is 1. The number of nitriles is 1. The molecule has 2 unspecified atom stereocenters. The van der Waals surface area contributed by atoms with Crippen molar-refractivity contribution in [3.8, 4) is 6.07 Å². The highest BCUT2D eigenvalue weighted by atomic mass is 35.5. The van der Waals surface area contributed by atoms with Crippen molar-refractivity contribution in [2.75, 3.05) is 18.0 Å². The molecule has 0 spiro atoms. The Hall–Kier alpha value is -1.24. The first-order valence-electron chi connectivity index (χ1n) is 5.74. The van der Waals surface area contributed by atoms with E-state index >= 15 is 0 Å². The van der Waals surface area contributed by atoms with E-state index in [4.69, 9.17) is 16.9 Å². The molecule has 0 bridgehead atoms. The number of hydrogen-bond donors (Lipinski definition) is 1. The summed E-state index contributed by atoms with van der Waals surface area (Å²) in [5, 5.41) is 19.5. The summed E-state index contributed by atoms with van der Waals surface area (Å²) >= 11 is 5.87. The van der Waals surface area contributed by atoms with Crippen LogP contribution in [0, 0.1) is 17.2 Å². The highest BCUT2D eigenvalue weighted by molar-refractivity contribution is 6.30. The lowest BCUT2D eigenvalue weighted by Gasteiger charge is -2.36. The van der Waals surface area contributed by atoms with E-state index in [1.807, 2.05) is 6.07 Å². The number of aliphatic hydroxyl groups is 1. The van der Waals surface area contributed by atoms with Crippen LogP contribution in [0.15, 0.2) is 18.2 Å². The standard InChI is InChI=1S/C13H15ClN2O/c1-9-4-5-16(8-13(9)17)12-3-2-11(14)6-10(12)7-15/h2-3,6,9,13,17H,4-5,8H2,1H3. The van der Waals surface area contributed by atoms with Crippen LogP contribution in [0.2, 0.25) is 5.02 Å². The van der Waals surface area contributed by atoms with E-state index in [0.29, 0.717) is 23.0 Å². The largest absolute Gasteiger partial charge is 0.391 e. The number of benzene rings is 1. The Morgan fingerprint density at radius 1 is 1.53 bits per heavy atom. The fourth-order valence-electron chi connectivity index (χ4n) is 2.14. The van der Waals surface area contributed by atoms with Gasteiger partial charge in [-0.15, -0.1) is 0 Å². The van der Waals surface area contributed by atoms with Crippen molar-refractivity contribution >= 4 is 17.3 Å². The first-order chi connectivity index (χ1) is 8.11. The van der Waals surface area contributed by atoms with Crippen LogP contribution in [0.1, 0.15) is 18.9 Å². The third kappa shape index (κ3) is 2.54. The van der Waals surface area contributed by atoms with Crippen LogP contribution in [-0.4, -0.2) is 24.3 Å². The molecule has 0 saturated carbocycles. The highest BCUT2D eigenvalue weighted by Crippen LogP contribution is 2.28. The number of aliphatic hydroxyl groups excluding tert-OH is 1. The summed E-state index contributed by atoms with van der Waals surface area (Å²) in [6, 6.07) is 7.45. The molecular formula is C13H15ClN2O. The lowest BCUT2D eigenvalue weighted by atomic mass is 9.95. The Morgan fingerprint density at radius 3 is 2.94 bits per heavy atom. The van der Waals surface area contributed by atoms with E-state index < -0.39 is 0 Å². The van der Waals surface area contributed by atoms with Gasteiger partial charge in [0.25, 0.3) is 0 Å². The first kappa shape index (κ1) is 12.2. The molecule has 1 aromatic rings. The molecule has 1 fully saturated rings. The van der Waals surface area contributed by atoms with Gasteiger partial charge >= 0.3 is 0 Å². The van der Waals surface area contributed by atoms with Gasteiger partial charge in [0.2, 0.25) is 0 Å². The molecule has 17 heavy (non-hydrogen) atoms. The Kier molecular flexibility index (Phi) is 3.56. The minimum atomic E-state index is -0.328. The van der Waals surface area contributed by atoms with Crippen molar-refractivity contribution in [3.63, 3.8) is 0 Å². The third-order valence-corrected chi connectivity index (χ3v) is 3.57. The van der Waals surface area contributed by atoms with Crippen LogP contribution in [0.5, 0.6) is 0 Å². The monoisotopic (exact) mass is 250 g/mol. The van der Waals surface area contributed by atoms with E-state index in [0.717, 1.165) is 18.7 Å². The van der Waals surface area contributed by atoms with Crippen molar-refractivity contribution in [2.45, 2.75) is 19.4 Å². The quantitative estimate of drug-likeness (QED) is 0.833. The molecule has 0 radical (unpaired) electrons. The van der Waals surface area contributed by atoms with Crippen LogP contribution in [-0.2, 0) is 0 Å². The van der Waals surface area contributed by atoms with E-state index in [1.54, 1.807) is 12.1 Å². The van der Waals surface area contributed by atoms with Crippen LogP contribution >= 0.6 is 11.6 Å². The number of hydrogen-bond acceptors (Lipinski definition) is 3. The minimum absolute atomic E-state index is 0.323. The number of piperidine rings is 1. The molecule has 0 aromatic heterocycles. The number of anilines is 1. The number of nitrogens with zero attached hydrogens (tertiary/aromatic N) is 2. The topological polar surface area (TPSA) is 47.3 Å². The highest BCUT2D eigenvalue weighted by Gasteiger charge is 2.25. The zero-order chi connectivity index (χ0) is 12.4. The summed E-state index contributed by atoms with van der Waals surface area (Å²) in [5.74, 6) is 0.323. The van der Waals surface area contributed by atoms with Gasteiger partial charge in [-0.25, -0.2) is 0 Å². The molecule has 2 atom stereocenters. The SMILES string of the molecule is CC1CCN(c2ccc(Cl)cc2C#N)CC1O. The fraction of sp³-hybridized carbons (Fsp3) is 0.462. The number of β-amino-alcohol motifs (C(OH)–C–C–N with tert-alkyl or cyclic N) is 1. The maximum atomic E-state index is 9.88. The molecule has 2 rings (SSSR count). The second kappa shape index (κ2) is 4.95. The van der Waals surface area contributed by atoms with Gasteiger partial charge in [-0.1, -0.05) is 18.5 Å². The average molecular weight is 251 g/mol. The van der Waals surface area contributed by atoms with Gasteiger partial charge in [0.05, 0.1) is 17.4 Å².